The van der Waals surface area contributed by atoms with Crippen LogP contribution in [-0.4, -0.2) is 37.6 Å². The number of carbonyl (C=O) groups is 1. The summed E-state index contributed by atoms with van der Waals surface area (Å²) < 4.78 is 11.6. The lowest BCUT2D eigenvalue weighted by atomic mass is 9.79. The molecule has 1 saturated carbocycles. The van der Waals surface area contributed by atoms with Gasteiger partial charge in [-0.3, -0.25) is 4.79 Å². The van der Waals surface area contributed by atoms with Gasteiger partial charge in [0, 0.05) is 19.0 Å². The average molecular weight is 329 g/mol. The number of amides is 1. The summed E-state index contributed by atoms with van der Waals surface area (Å²) in [5, 5.41) is 0. The summed E-state index contributed by atoms with van der Waals surface area (Å²) in [6.45, 7) is 2.40. The van der Waals surface area contributed by atoms with Gasteiger partial charge in [0.25, 0.3) is 0 Å². The Morgan fingerprint density at radius 2 is 2.00 bits per heavy atom. The van der Waals surface area contributed by atoms with E-state index in [0.29, 0.717) is 5.91 Å². The molecular weight excluding hydrogens is 302 g/mol. The molecule has 0 N–H and O–H groups in total. The van der Waals surface area contributed by atoms with Crippen LogP contribution in [0.4, 0.5) is 0 Å². The predicted molar refractivity (Wildman–Crippen MR) is 92.1 cm³/mol. The number of ether oxygens (including phenoxy) is 2. The fourth-order valence-corrected chi connectivity index (χ4v) is 4.72. The van der Waals surface area contributed by atoms with E-state index in [1.54, 1.807) is 7.11 Å². The summed E-state index contributed by atoms with van der Waals surface area (Å²) >= 11 is 0. The molecule has 3 aliphatic rings. The van der Waals surface area contributed by atoms with E-state index in [1.807, 2.05) is 6.07 Å². The highest BCUT2D eigenvalue weighted by Gasteiger charge is 2.42. The minimum absolute atomic E-state index is 0.202. The summed E-state index contributed by atoms with van der Waals surface area (Å²) in [5.41, 5.74) is 2.45. The molecule has 1 amide bonds. The van der Waals surface area contributed by atoms with Crippen LogP contribution in [0.25, 0.3) is 0 Å². The Hall–Kier alpha value is -1.55. The number of hydrogen-bond acceptors (Lipinski definition) is 3. The van der Waals surface area contributed by atoms with Crippen molar-refractivity contribution in [2.24, 2.45) is 5.92 Å². The zero-order valence-corrected chi connectivity index (χ0v) is 14.6. The SMILES string of the molecule is COc1ccc2c(c1)CCOC21CCN(C(=O)C2CCCC2)CC1. The third kappa shape index (κ3) is 2.71. The Labute approximate surface area is 144 Å². The fraction of sp³-hybridized carbons (Fsp3) is 0.650. The van der Waals surface area contributed by atoms with Gasteiger partial charge >= 0.3 is 0 Å². The van der Waals surface area contributed by atoms with Gasteiger partial charge in [0.1, 0.15) is 5.75 Å². The smallest absolute Gasteiger partial charge is 0.225 e. The number of benzene rings is 1. The van der Waals surface area contributed by atoms with Crippen molar-refractivity contribution in [3.8, 4) is 5.75 Å². The number of rotatable bonds is 2. The highest BCUT2D eigenvalue weighted by molar-refractivity contribution is 5.79. The summed E-state index contributed by atoms with van der Waals surface area (Å²) in [4.78, 5) is 14.8. The van der Waals surface area contributed by atoms with Crippen LogP contribution >= 0.6 is 0 Å². The molecule has 4 heteroatoms. The van der Waals surface area contributed by atoms with Gasteiger partial charge in [-0.25, -0.2) is 0 Å². The Morgan fingerprint density at radius 3 is 2.71 bits per heavy atom. The summed E-state index contributed by atoms with van der Waals surface area (Å²) in [7, 11) is 1.71. The van der Waals surface area contributed by atoms with Crippen molar-refractivity contribution < 1.29 is 14.3 Å². The molecule has 1 spiro atoms. The van der Waals surface area contributed by atoms with E-state index >= 15 is 0 Å². The lowest BCUT2D eigenvalue weighted by molar-refractivity contribution is -0.144. The minimum atomic E-state index is -0.202. The molecule has 0 atom stereocenters. The van der Waals surface area contributed by atoms with Crippen molar-refractivity contribution in [3.05, 3.63) is 29.3 Å². The number of carbonyl (C=O) groups excluding carboxylic acids is 1. The van der Waals surface area contributed by atoms with E-state index in [4.69, 9.17) is 9.47 Å². The first-order valence-corrected chi connectivity index (χ1v) is 9.32. The first-order chi connectivity index (χ1) is 11.7. The molecule has 4 nitrogen and oxygen atoms in total. The van der Waals surface area contributed by atoms with Crippen molar-refractivity contribution in [2.75, 3.05) is 26.8 Å². The molecule has 1 saturated heterocycles. The van der Waals surface area contributed by atoms with Crippen LogP contribution < -0.4 is 4.74 Å². The normalized spacial score (nSPS) is 23.3. The van der Waals surface area contributed by atoms with E-state index in [2.05, 4.69) is 17.0 Å². The first kappa shape index (κ1) is 15.9. The predicted octanol–water partition coefficient (Wildman–Crippen LogP) is 3.28. The van der Waals surface area contributed by atoms with Crippen LogP contribution in [0.1, 0.15) is 49.7 Å². The van der Waals surface area contributed by atoms with E-state index in [0.717, 1.165) is 57.6 Å². The van der Waals surface area contributed by atoms with E-state index in [1.165, 1.54) is 24.0 Å². The van der Waals surface area contributed by atoms with Crippen LogP contribution in [0.15, 0.2) is 18.2 Å². The van der Waals surface area contributed by atoms with Crippen LogP contribution in [0, 0.1) is 5.92 Å². The number of piperidine rings is 1. The summed E-state index contributed by atoms with van der Waals surface area (Å²) in [6, 6.07) is 6.35. The highest BCUT2D eigenvalue weighted by atomic mass is 16.5. The van der Waals surface area contributed by atoms with E-state index in [9.17, 15) is 4.79 Å². The average Bonchev–Trinajstić information content (AvgIpc) is 3.16. The van der Waals surface area contributed by atoms with Crippen molar-refractivity contribution in [2.45, 2.75) is 50.5 Å². The molecule has 1 aromatic rings. The van der Waals surface area contributed by atoms with Gasteiger partial charge < -0.3 is 14.4 Å². The second-order valence-electron chi connectivity index (χ2n) is 7.42. The van der Waals surface area contributed by atoms with Crippen molar-refractivity contribution in [1.82, 2.24) is 4.90 Å². The minimum Gasteiger partial charge on any atom is -0.497 e. The third-order valence-electron chi connectivity index (χ3n) is 6.14. The van der Waals surface area contributed by atoms with Crippen molar-refractivity contribution in [3.63, 3.8) is 0 Å². The zero-order chi connectivity index (χ0) is 16.6. The molecule has 1 aromatic carbocycles. The molecular formula is C20H27NO3. The van der Waals surface area contributed by atoms with Crippen molar-refractivity contribution in [1.29, 1.82) is 0 Å². The third-order valence-corrected chi connectivity index (χ3v) is 6.14. The van der Waals surface area contributed by atoms with Gasteiger partial charge in [0.15, 0.2) is 0 Å². The lowest BCUT2D eigenvalue weighted by Gasteiger charge is -2.45. The largest absolute Gasteiger partial charge is 0.497 e. The van der Waals surface area contributed by atoms with Crippen LogP contribution in [0.2, 0.25) is 0 Å². The maximum atomic E-state index is 12.7. The van der Waals surface area contributed by atoms with Gasteiger partial charge in [0.2, 0.25) is 5.91 Å². The fourth-order valence-electron chi connectivity index (χ4n) is 4.72. The lowest BCUT2D eigenvalue weighted by Crippen LogP contribution is -2.49. The molecule has 0 unspecified atom stereocenters. The number of fused-ring (bicyclic) bond motifs is 2. The zero-order valence-electron chi connectivity index (χ0n) is 14.6. The van der Waals surface area contributed by atoms with Crippen LogP contribution in [-0.2, 0) is 21.6 Å². The number of likely N-dealkylation sites (tertiary alicyclic amines) is 1. The Morgan fingerprint density at radius 1 is 1.25 bits per heavy atom. The van der Waals surface area contributed by atoms with E-state index < -0.39 is 0 Å². The second kappa shape index (κ2) is 6.40. The maximum absolute atomic E-state index is 12.7. The van der Waals surface area contributed by atoms with E-state index in [-0.39, 0.29) is 11.5 Å². The quantitative estimate of drug-likeness (QED) is 0.836. The standard InChI is InChI=1S/C20H27NO3/c1-23-17-6-7-18-16(14-17)8-13-24-20(18)9-11-21(12-10-20)19(22)15-4-2-3-5-15/h6-7,14-15H,2-5,8-13H2,1H3. The molecule has 0 bridgehead atoms. The first-order valence-electron chi connectivity index (χ1n) is 9.32. The molecule has 0 radical (unpaired) electrons. The monoisotopic (exact) mass is 329 g/mol. The number of methoxy groups -OCH3 is 1. The van der Waals surface area contributed by atoms with Gasteiger partial charge in [-0.1, -0.05) is 18.9 Å². The molecule has 1 aliphatic carbocycles. The Kier molecular flexibility index (Phi) is 4.25. The van der Waals surface area contributed by atoms with Crippen LogP contribution in [0.3, 0.4) is 0 Å². The number of hydrogen-bond donors (Lipinski definition) is 0. The summed E-state index contributed by atoms with van der Waals surface area (Å²) in [6.07, 6.45) is 7.35. The van der Waals surface area contributed by atoms with Gasteiger partial charge in [-0.05, 0) is 55.4 Å². The summed E-state index contributed by atoms with van der Waals surface area (Å²) in [5.74, 6) is 1.58. The number of nitrogens with zero attached hydrogens (tertiary/aromatic N) is 1. The Bertz CT molecular complexity index is 613. The molecule has 0 aromatic heterocycles. The van der Waals surface area contributed by atoms with Gasteiger partial charge in [-0.15, -0.1) is 0 Å². The highest BCUT2D eigenvalue weighted by Crippen LogP contribution is 2.43. The Balaban J connectivity index is 1.50. The van der Waals surface area contributed by atoms with Gasteiger partial charge in [0.05, 0.1) is 19.3 Å². The molecule has 2 fully saturated rings. The molecule has 2 heterocycles. The molecule has 130 valence electrons. The molecule has 2 aliphatic heterocycles. The topological polar surface area (TPSA) is 38.8 Å². The van der Waals surface area contributed by atoms with Gasteiger partial charge in [-0.2, -0.15) is 0 Å². The maximum Gasteiger partial charge on any atom is 0.225 e. The van der Waals surface area contributed by atoms with Crippen LogP contribution in [0.5, 0.6) is 5.75 Å². The molecule has 24 heavy (non-hydrogen) atoms. The molecule has 4 rings (SSSR count). The van der Waals surface area contributed by atoms with Crippen molar-refractivity contribution >= 4 is 5.91 Å². The second-order valence-corrected chi connectivity index (χ2v) is 7.42.